The first-order valence-corrected chi connectivity index (χ1v) is 12.3. The van der Waals surface area contributed by atoms with Crippen molar-refractivity contribution in [2.45, 2.75) is 105 Å². The molecule has 2 N–H and O–H groups in total. The van der Waals surface area contributed by atoms with Crippen molar-refractivity contribution in [3.05, 3.63) is 12.2 Å². The number of hydrogen-bond donors (Lipinski definition) is 1. The van der Waals surface area contributed by atoms with Crippen LogP contribution in [0.1, 0.15) is 105 Å². The molecule has 7 unspecified atom stereocenters. The van der Waals surface area contributed by atoms with Crippen LogP contribution in [0.5, 0.6) is 0 Å². The fourth-order valence-electron chi connectivity index (χ4n) is 8.11. The molecule has 0 aromatic heterocycles. The minimum Gasteiger partial charge on any atom is -0.333 e. The van der Waals surface area contributed by atoms with Gasteiger partial charge < -0.3 is 5.73 Å². The van der Waals surface area contributed by atoms with Crippen molar-refractivity contribution in [2.75, 3.05) is 7.05 Å². The van der Waals surface area contributed by atoms with E-state index in [4.69, 9.17) is 6.58 Å². The average molecular weight is 376 g/mol. The molecule has 0 aromatic rings. The van der Waals surface area contributed by atoms with Crippen molar-refractivity contribution in [1.82, 2.24) is 0 Å². The lowest BCUT2D eigenvalue weighted by Crippen LogP contribution is -2.53. The summed E-state index contributed by atoms with van der Waals surface area (Å²) in [6.45, 7) is 16.4. The quantitative estimate of drug-likeness (QED) is 0.494. The molecule has 7 atom stereocenters. The zero-order valence-electron chi connectivity index (χ0n) is 19.4. The third-order valence-electron chi connectivity index (χ3n) is 9.49. The fraction of sp³-hybridized carbons (Fsp3) is 0.923. The lowest BCUT2D eigenvalue weighted by Gasteiger charge is -2.61. The Labute approximate surface area is 171 Å². The van der Waals surface area contributed by atoms with E-state index in [1.54, 1.807) is 5.57 Å². The Morgan fingerprint density at radius 3 is 2.33 bits per heavy atom. The van der Waals surface area contributed by atoms with Crippen molar-refractivity contribution < 1.29 is 0 Å². The zero-order valence-corrected chi connectivity index (χ0v) is 19.4. The summed E-state index contributed by atoms with van der Waals surface area (Å²) in [4.78, 5) is 0. The highest BCUT2D eigenvalue weighted by molar-refractivity contribution is 5.24. The van der Waals surface area contributed by atoms with Crippen LogP contribution in [-0.4, -0.2) is 7.05 Å². The summed E-state index contributed by atoms with van der Waals surface area (Å²) in [5.74, 6) is 4.91. The van der Waals surface area contributed by atoms with Gasteiger partial charge in [0, 0.05) is 0 Å². The summed E-state index contributed by atoms with van der Waals surface area (Å²) in [6, 6.07) is 0. The normalized spacial score (nSPS) is 45.3. The number of nitrogens with two attached hydrogens (primary N) is 1. The van der Waals surface area contributed by atoms with Crippen LogP contribution in [0.25, 0.3) is 0 Å². The van der Waals surface area contributed by atoms with Crippen molar-refractivity contribution in [3.63, 3.8) is 0 Å². The molecule has 158 valence electrons. The highest BCUT2D eigenvalue weighted by Gasteiger charge is 2.60. The van der Waals surface area contributed by atoms with Crippen molar-refractivity contribution in [1.29, 1.82) is 0 Å². The summed E-state index contributed by atoms with van der Waals surface area (Å²) < 4.78 is 0. The largest absolute Gasteiger partial charge is 0.333 e. The summed E-state index contributed by atoms with van der Waals surface area (Å²) in [5.41, 5.74) is 7.29. The Kier molecular flexibility index (Phi) is 8.06. The Morgan fingerprint density at radius 1 is 0.963 bits per heavy atom. The third kappa shape index (κ3) is 3.67. The maximum absolute atomic E-state index is 4.72. The van der Waals surface area contributed by atoms with E-state index in [0.717, 1.165) is 29.6 Å². The predicted octanol–water partition coefficient (Wildman–Crippen LogP) is 7.60. The van der Waals surface area contributed by atoms with Crippen LogP contribution in [-0.2, 0) is 0 Å². The number of rotatable bonds is 2. The minimum atomic E-state index is 0.481. The first kappa shape index (κ1) is 23.0. The Bertz CT molecular complexity index is 483. The van der Waals surface area contributed by atoms with E-state index < -0.39 is 0 Å². The van der Waals surface area contributed by atoms with Gasteiger partial charge in [0.2, 0.25) is 0 Å². The van der Waals surface area contributed by atoms with Crippen LogP contribution in [0, 0.1) is 40.4 Å². The molecule has 0 radical (unpaired) electrons. The molecule has 27 heavy (non-hydrogen) atoms. The highest BCUT2D eigenvalue weighted by atomic mass is 14.6. The van der Waals surface area contributed by atoms with E-state index >= 15 is 0 Å². The molecular weight excluding hydrogens is 326 g/mol. The highest BCUT2D eigenvalue weighted by Crippen LogP contribution is 2.69. The van der Waals surface area contributed by atoms with Crippen LogP contribution in [0.3, 0.4) is 0 Å². The molecule has 1 nitrogen and oxygen atoms in total. The van der Waals surface area contributed by atoms with E-state index in [2.05, 4.69) is 26.5 Å². The second-order valence-electron chi connectivity index (χ2n) is 10.1. The molecule has 0 amide bonds. The van der Waals surface area contributed by atoms with Crippen LogP contribution in [0.4, 0.5) is 0 Å². The molecule has 0 aliphatic heterocycles. The van der Waals surface area contributed by atoms with E-state index in [9.17, 15) is 0 Å². The van der Waals surface area contributed by atoms with Crippen LogP contribution < -0.4 is 5.73 Å². The molecule has 4 aliphatic carbocycles. The Morgan fingerprint density at radius 2 is 1.67 bits per heavy atom. The van der Waals surface area contributed by atoms with E-state index in [-0.39, 0.29) is 0 Å². The molecule has 4 saturated carbocycles. The Balaban J connectivity index is 0.000000614. The molecule has 4 fully saturated rings. The molecule has 4 rings (SSSR count). The monoisotopic (exact) mass is 375 g/mol. The second-order valence-corrected chi connectivity index (χ2v) is 10.1. The van der Waals surface area contributed by atoms with Gasteiger partial charge in [-0.15, -0.1) is 0 Å². The number of hydrogen-bond acceptors (Lipinski definition) is 1. The summed E-state index contributed by atoms with van der Waals surface area (Å²) in [7, 11) is 1.50. The summed E-state index contributed by atoms with van der Waals surface area (Å²) in [6.07, 6.45) is 16.2. The second kappa shape index (κ2) is 9.47. The predicted molar refractivity (Wildman–Crippen MR) is 121 cm³/mol. The molecule has 0 saturated heterocycles. The summed E-state index contributed by atoms with van der Waals surface area (Å²) in [5, 5.41) is 0. The maximum Gasteiger partial charge on any atom is -0.00597 e. The lowest BCUT2D eigenvalue weighted by molar-refractivity contribution is -0.0885. The average Bonchev–Trinajstić information content (AvgIpc) is 3.04. The van der Waals surface area contributed by atoms with E-state index in [0.29, 0.717) is 10.8 Å². The number of fused-ring (bicyclic) bond motifs is 5. The molecule has 0 bridgehead atoms. The fourth-order valence-corrected chi connectivity index (χ4v) is 8.11. The molecule has 1 heteroatoms. The topological polar surface area (TPSA) is 26.0 Å². The van der Waals surface area contributed by atoms with Crippen LogP contribution in [0.2, 0.25) is 0 Å². The van der Waals surface area contributed by atoms with Gasteiger partial charge in [-0.25, -0.2) is 0 Å². The molecular formula is C26H49N. The SMILES string of the molecule is C=C1CC2C(CCC3CCCCC32C)C2CCC(CCC)C12C.CC.CN. The maximum atomic E-state index is 4.72. The van der Waals surface area contributed by atoms with Gasteiger partial charge in [-0.3, -0.25) is 0 Å². The van der Waals surface area contributed by atoms with Crippen molar-refractivity contribution in [2.24, 2.45) is 46.2 Å². The first-order valence-electron chi connectivity index (χ1n) is 12.3. The van der Waals surface area contributed by atoms with Crippen LogP contribution >= 0.6 is 0 Å². The molecule has 4 aliphatic rings. The van der Waals surface area contributed by atoms with Gasteiger partial charge in [0.25, 0.3) is 0 Å². The number of allylic oxidation sites excluding steroid dienone is 1. The Hall–Kier alpha value is -0.300. The van der Waals surface area contributed by atoms with Gasteiger partial charge in [-0.05, 0) is 98.8 Å². The smallest absolute Gasteiger partial charge is 0.00597 e. The van der Waals surface area contributed by atoms with Gasteiger partial charge in [-0.2, -0.15) is 0 Å². The first-order chi connectivity index (χ1) is 13.0. The lowest BCUT2D eigenvalue weighted by atomic mass is 9.44. The van der Waals surface area contributed by atoms with Gasteiger partial charge >= 0.3 is 0 Å². The van der Waals surface area contributed by atoms with Gasteiger partial charge in [0.1, 0.15) is 0 Å². The zero-order chi connectivity index (χ0) is 20.2. The van der Waals surface area contributed by atoms with Gasteiger partial charge in [0.15, 0.2) is 0 Å². The van der Waals surface area contributed by atoms with E-state index in [1.807, 2.05) is 13.8 Å². The molecule has 0 spiro atoms. The minimum absolute atomic E-state index is 0.481. The van der Waals surface area contributed by atoms with Gasteiger partial charge in [0.05, 0.1) is 0 Å². The molecule has 0 aromatic carbocycles. The van der Waals surface area contributed by atoms with Crippen molar-refractivity contribution in [3.8, 4) is 0 Å². The summed E-state index contributed by atoms with van der Waals surface area (Å²) >= 11 is 0. The van der Waals surface area contributed by atoms with Crippen molar-refractivity contribution >= 4 is 0 Å². The third-order valence-corrected chi connectivity index (χ3v) is 9.49. The van der Waals surface area contributed by atoms with Crippen LogP contribution in [0.15, 0.2) is 12.2 Å². The van der Waals surface area contributed by atoms with E-state index in [1.165, 1.54) is 77.7 Å². The van der Waals surface area contributed by atoms with Gasteiger partial charge in [-0.1, -0.05) is 66.0 Å². The molecule has 0 heterocycles. The standard InChI is InChI=1S/C23H38.C2H6.CH5N/c1-5-8-18-11-13-20-19-12-10-17-9-6-7-14-22(17,3)21(19)15-16(2)23(18,20)4;2*1-2/h17-21H,2,5-15H2,1,3-4H3;1-2H3;2H2,1H3.